The Morgan fingerprint density at radius 1 is 1.32 bits per heavy atom. The topological polar surface area (TPSA) is 73.4 Å². The zero-order valence-corrected chi connectivity index (χ0v) is 13.3. The number of aliphatic hydroxyl groups excluding tert-OH is 1. The number of piperidine rings is 1. The highest BCUT2D eigenvalue weighted by Crippen LogP contribution is 2.11. The van der Waals surface area contributed by atoms with E-state index in [1.807, 2.05) is 0 Å². The second-order valence-corrected chi connectivity index (χ2v) is 6.05. The molecule has 1 aromatic carbocycles. The highest BCUT2D eigenvalue weighted by Gasteiger charge is 2.22. The molecule has 0 spiro atoms. The summed E-state index contributed by atoms with van der Waals surface area (Å²) in [7, 11) is 0. The molecule has 0 aliphatic carbocycles. The first kappa shape index (κ1) is 16.8. The van der Waals surface area contributed by atoms with E-state index >= 15 is 0 Å². The molecule has 1 aliphatic heterocycles. The van der Waals surface area contributed by atoms with E-state index in [-0.39, 0.29) is 18.1 Å². The smallest absolute Gasteiger partial charge is 0.314 e. The molecule has 2 amide bonds. The second-order valence-electron chi connectivity index (χ2n) is 6.05. The number of amides is 2. The maximum Gasteiger partial charge on any atom is 0.314 e. The molecule has 4 N–H and O–H groups in total. The van der Waals surface area contributed by atoms with Crippen LogP contribution in [0.4, 0.5) is 4.79 Å². The number of urea groups is 1. The summed E-state index contributed by atoms with van der Waals surface area (Å²) in [4.78, 5) is 11.7. The van der Waals surface area contributed by atoms with Crippen molar-refractivity contribution in [2.75, 3.05) is 26.2 Å². The highest BCUT2D eigenvalue weighted by atomic mass is 16.3. The number of carbonyl (C=O) groups is 1. The molecule has 5 heteroatoms. The number of carbonyl (C=O) groups excluding carboxylic acids is 1. The van der Waals surface area contributed by atoms with Crippen LogP contribution in [0.25, 0.3) is 0 Å². The first-order valence-electron chi connectivity index (χ1n) is 8.11. The van der Waals surface area contributed by atoms with Gasteiger partial charge in [-0.15, -0.1) is 0 Å². The van der Waals surface area contributed by atoms with Crippen molar-refractivity contribution in [3.63, 3.8) is 0 Å². The first-order chi connectivity index (χ1) is 10.6. The zero-order valence-electron chi connectivity index (χ0n) is 13.3. The van der Waals surface area contributed by atoms with E-state index in [9.17, 15) is 9.90 Å². The van der Waals surface area contributed by atoms with Gasteiger partial charge in [-0.25, -0.2) is 4.79 Å². The average molecular weight is 305 g/mol. The lowest BCUT2D eigenvalue weighted by atomic mass is 9.95. The normalized spacial score (nSPS) is 21.4. The molecule has 0 bridgehead atoms. The highest BCUT2D eigenvalue weighted by molar-refractivity contribution is 5.73. The molecule has 1 heterocycles. The predicted molar refractivity (Wildman–Crippen MR) is 87.9 cm³/mol. The van der Waals surface area contributed by atoms with Crippen molar-refractivity contribution in [3.05, 3.63) is 35.4 Å². The number of aryl methyl sites for hydroxylation is 2. The van der Waals surface area contributed by atoms with Gasteiger partial charge in [0.25, 0.3) is 0 Å². The SMILES string of the molecule is Cc1ccc(CCCNC(=O)NC[C@@H]2CCNC[C@H]2O)cc1. The van der Waals surface area contributed by atoms with Crippen LogP contribution in [0.2, 0.25) is 0 Å². The van der Waals surface area contributed by atoms with Gasteiger partial charge in [0, 0.05) is 25.6 Å². The van der Waals surface area contributed by atoms with Crippen molar-refractivity contribution in [2.24, 2.45) is 5.92 Å². The second kappa shape index (κ2) is 8.76. The summed E-state index contributed by atoms with van der Waals surface area (Å²) in [6.45, 7) is 4.79. The quantitative estimate of drug-likeness (QED) is 0.597. The first-order valence-corrected chi connectivity index (χ1v) is 8.11. The van der Waals surface area contributed by atoms with Crippen LogP contribution in [-0.4, -0.2) is 43.4 Å². The molecule has 122 valence electrons. The fraction of sp³-hybridized carbons (Fsp3) is 0.588. The standard InChI is InChI=1S/C17H27N3O2/c1-13-4-6-14(7-5-13)3-2-9-19-17(22)20-11-15-8-10-18-12-16(15)21/h4-7,15-16,18,21H,2-3,8-12H2,1H3,(H2,19,20,22)/t15-,16+/m0/s1. The molecule has 1 saturated heterocycles. The summed E-state index contributed by atoms with van der Waals surface area (Å²) in [5, 5.41) is 18.7. The van der Waals surface area contributed by atoms with Crippen molar-refractivity contribution in [3.8, 4) is 0 Å². The Balaban J connectivity index is 1.56. The summed E-state index contributed by atoms with van der Waals surface area (Å²) >= 11 is 0. The van der Waals surface area contributed by atoms with E-state index in [0.29, 0.717) is 19.6 Å². The van der Waals surface area contributed by atoms with Gasteiger partial charge in [0.15, 0.2) is 0 Å². The van der Waals surface area contributed by atoms with Crippen molar-refractivity contribution >= 4 is 6.03 Å². The van der Waals surface area contributed by atoms with Gasteiger partial charge in [0.05, 0.1) is 6.10 Å². The van der Waals surface area contributed by atoms with Crippen LogP contribution in [0, 0.1) is 12.8 Å². The predicted octanol–water partition coefficient (Wildman–Crippen LogP) is 1.20. The van der Waals surface area contributed by atoms with Gasteiger partial charge >= 0.3 is 6.03 Å². The lowest BCUT2D eigenvalue weighted by molar-refractivity contribution is 0.0827. The molecule has 1 aromatic rings. The molecule has 0 radical (unpaired) electrons. The van der Waals surface area contributed by atoms with Crippen molar-refractivity contribution < 1.29 is 9.90 Å². The lowest BCUT2D eigenvalue weighted by Gasteiger charge is -2.28. The number of hydrogen-bond acceptors (Lipinski definition) is 3. The van der Waals surface area contributed by atoms with E-state index in [1.54, 1.807) is 0 Å². The Kier molecular flexibility index (Phi) is 6.68. The number of β-amino-alcohol motifs (C(OH)–C–C–N with tert-alkyl or cyclic N) is 1. The molecular weight excluding hydrogens is 278 g/mol. The minimum absolute atomic E-state index is 0.144. The Labute approximate surface area is 132 Å². The van der Waals surface area contributed by atoms with E-state index in [0.717, 1.165) is 25.8 Å². The number of hydrogen-bond donors (Lipinski definition) is 4. The Hall–Kier alpha value is -1.59. The Morgan fingerprint density at radius 2 is 2.09 bits per heavy atom. The van der Waals surface area contributed by atoms with Crippen LogP contribution in [-0.2, 0) is 6.42 Å². The molecule has 0 saturated carbocycles. The summed E-state index contributed by atoms with van der Waals surface area (Å²) in [5.41, 5.74) is 2.56. The van der Waals surface area contributed by atoms with E-state index < -0.39 is 0 Å². The van der Waals surface area contributed by atoms with Gasteiger partial charge in [-0.3, -0.25) is 0 Å². The molecule has 2 rings (SSSR count). The van der Waals surface area contributed by atoms with Gasteiger partial charge in [-0.1, -0.05) is 29.8 Å². The van der Waals surface area contributed by atoms with E-state index in [4.69, 9.17) is 0 Å². The summed E-state index contributed by atoms with van der Waals surface area (Å²) in [6, 6.07) is 8.34. The lowest BCUT2D eigenvalue weighted by Crippen LogP contribution is -2.47. The third-order valence-corrected chi connectivity index (χ3v) is 4.16. The number of rotatable bonds is 6. The van der Waals surface area contributed by atoms with Crippen molar-refractivity contribution in [1.82, 2.24) is 16.0 Å². The largest absolute Gasteiger partial charge is 0.391 e. The average Bonchev–Trinajstić information content (AvgIpc) is 2.52. The fourth-order valence-electron chi connectivity index (χ4n) is 2.67. The van der Waals surface area contributed by atoms with Gasteiger partial charge in [0.1, 0.15) is 0 Å². The van der Waals surface area contributed by atoms with Gasteiger partial charge < -0.3 is 21.1 Å². The van der Waals surface area contributed by atoms with Crippen LogP contribution in [0.5, 0.6) is 0 Å². The monoisotopic (exact) mass is 305 g/mol. The Morgan fingerprint density at radius 3 is 2.82 bits per heavy atom. The summed E-state index contributed by atoms with van der Waals surface area (Å²) in [6.07, 6.45) is 2.42. The third-order valence-electron chi connectivity index (χ3n) is 4.16. The van der Waals surface area contributed by atoms with Crippen LogP contribution >= 0.6 is 0 Å². The van der Waals surface area contributed by atoms with Gasteiger partial charge in [-0.05, 0) is 38.3 Å². The summed E-state index contributed by atoms with van der Waals surface area (Å²) < 4.78 is 0. The van der Waals surface area contributed by atoms with Gasteiger partial charge in [0.2, 0.25) is 0 Å². The van der Waals surface area contributed by atoms with Crippen LogP contribution in [0.15, 0.2) is 24.3 Å². The molecule has 5 nitrogen and oxygen atoms in total. The maximum absolute atomic E-state index is 11.7. The van der Waals surface area contributed by atoms with E-state index in [2.05, 4.69) is 47.1 Å². The molecular formula is C17H27N3O2. The number of aliphatic hydroxyl groups is 1. The van der Waals surface area contributed by atoms with Crippen molar-refractivity contribution in [1.29, 1.82) is 0 Å². The molecule has 22 heavy (non-hydrogen) atoms. The van der Waals surface area contributed by atoms with Crippen molar-refractivity contribution in [2.45, 2.75) is 32.3 Å². The molecule has 1 fully saturated rings. The molecule has 0 unspecified atom stereocenters. The molecule has 0 aromatic heterocycles. The Bertz CT molecular complexity index is 461. The number of benzene rings is 1. The third kappa shape index (κ3) is 5.66. The van der Waals surface area contributed by atoms with Crippen LogP contribution in [0.1, 0.15) is 24.0 Å². The van der Waals surface area contributed by atoms with Gasteiger partial charge in [-0.2, -0.15) is 0 Å². The van der Waals surface area contributed by atoms with Crippen LogP contribution < -0.4 is 16.0 Å². The minimum atomic E-state index is -0.365. The number of nitrogens with one attached hydrogen (secondary N) is 3. The fourth-order valence-corrected chi connectivity index (χ4v) is 2.67. The minimum Gasteiger partial charge on any atom is -0.391 e. The summed E-state index contributed by atoms with van der Waals surface area (Å²) in [5.74, 6) is 0.152. The van der Waals surface area contributed by atoms with Crippen LogP contribution in [0.3, 0.4) is 0 Å². The molecule has 1 aliphatic rings. The zero-order chi connectivity index (χ0) is 15.8. The van der Waals surface area contributed by atoms with E-state index in [1.165, 1.54) is 11.1 Å². The maximum atomic E-state index is 11.7. The molecule has 2 atom stereocenters.